The van der Waals surface area contributed by atoms with E-state index in [0.29, 0.717) is 27.8 Å². The minimum absolute atomic E-state index is 0.0452. The molecule has 1 fully saturated rings. The summed E-state index contributed by atoms with van der Waals surface area (Å²) in [6.45, 7) is 2.34. The maximum absolute atomic E-state index is 12.6. The van der Waals surface area contributed by atoms with Gasteiger partial charge in [0.15, 0.2) is 33.6 Å². The second-order valence-electron chi connectivity index (χ2n) is 7.96. The third-order valence-corrected chi connectivity index (χ3v) is 6.82. The van der Waals surface area contributed by atoms with Crippen LogP contribution in [0.5, 0.6) is 11.5 Å². The summed E-state index contributed by atoms with van der Waals surface area (Å²) in [5.41, 5.74) is 14.3. The summed E-state index contributed by atoms with van der Waals surface area (Å²) >= 11 is 1.41. The van der Waals surface area contributed by atoms with Crippen LogP contribution in [0, 0.1) is 6.92 Å². The highest BCUT2D eigenvalue weighted by Gasteiger charge is 2.26. The molecule has 0 saturated heterocycles. The van der Waals surface area contributed by atoms with Gasteiger partial charge in [-0.2, -0.15) is 0 Å². The second kappa shape index (κ2) is 8.47. The van der Waals surface area contributed by atoms with Crippen LogP contribution in [0.15, 0.2) is 28.5 Å². The van der Waals surface area contributed by atoms with E-state index in [1.54, 1.807) is 4.57 Å². The molecule has 0 amide bonds. The lowest BCUT2D eigenvalue weighted by atomic mass is 10.2. The molecule has 1 atom stereocenters. The first-order valence-electron chi connectivity index (χ1n) is 10.5. The summed E-state index contributed by atoms with van der Waals surface area (Å²) in [4.78, 5) is 26.6. The normalized spacial score (nSPS) is 16.6. The number of carbonyl (C=O) groups is 1. The zero-order chi connectivity index (χ0) is 22.2. The highest BCUT2D eigenvalue weighted by molar-refractivity contribution is 7.99. The van der Waals surface area contributed by atoms with Crippen molar-refractivity contribution in [2.75, 3.05) is 12.5 Å². The van der Waals surface area contributed by atoms with E-state index in [2.05, 4.69) is 15.0 Å². The molecule has 2 aliphatic rings. The van der Waals surface area contributed by atoms with Gasteiger partial charge in [-0.15, -0.1) is 0 Å². The minimum Gasteiger partial charge on any atom is -0.461 e. The van der Waals surface area contributed by atoms with Gasteiger partial charge in [0.1, 0.15) is 18.5 Å². The number of esters is 1. The van der Waals surface area contributed by atoms with E-state index in [4.69, 9.17) is 25.7 Å². The average Bonchev–Trinajstić information content (AvgIpc) is 3.50. The molecular formula is C21H24N6O4S. The number of aromatic nitrogens is 4. The minimum atomic E-state index is -0.860. The van der Waals surface area contributed by atoms with Gasteiger partial charge < -0.3 is 30.2 Å². The lowest BCUT2D eigenvalue weighted by Gasteiger charge is -2.17. The Morgan fingerprint density at radius 3 is 2.81 bits per heavy atom. The number of hydrogen-bond acceptors (Lipinski definition) is 10. The van der Waals surface area contributed by atoms with E-state index in [1.807, 2.05) is 19.1 Å². The monoisotopic (exact) mass is 456 g/mol. The Bertz CT molecular complexity index is 1180. The summed E-state index contributed by atoms with van der Waals surface area (Å²) in [5, 5.41) is 0.596. The lowest BCUT2D eigenvalue weighted by molar-refractivity contribution is -0.150. The smallest absolute Gasteiger partial charge is 0.325 e. The molecule has 2 aromatic heterocycles. The predicted octanol–water partition coefficient (Wildman–Crippen LogP) is 2.41. The van der Waals surface area contributed by atoms with Crippen molar-refractivity contribution in [1.29, 1.82) is 0 Å². The van der Waals surface area contributed by atoms with E-state index in [1.165, 1.54) is 18.1 Å². The number of benzene rings is 1. The quantitative estimate of drug-likeness (QED) is 0.531. The molecule has 168 valence electrons. The summed E-state index contributed by atoms with van der Waals surface area (Å²) < 4.78 is 18.4. The largest absolute Gasteiger partial charge is 0.461 e. The zero-order valence-electron chi connectivity index (χ0n) is 17.6. The second-order valence-corrected chi connectivity index (χ2v) is 8.97. The maximum Gasteiger partial charge on any atom is 0.325 e. The van der Waals surface area contributed by atoms with Crippen molar-refractivity contribution in [3.05, 3.63) is 24.0 Å². The molecule has 1 aliphatic heterocycles. The number of nitrogens with two attached hydrogens (primary N) is 2. The summed E-state index contributed by atoms with van der Waals surface area (Å²) in [7, 11) is 0. The topological polar surface area (TPSA) is 140 Å². The molecule has 1 saturated carbocycles. The Hall–Kier alpha value is -3.05. The van der Waals surface area contributed by atoms with Crippen LogP contribution in [-0.2, 0) is 16.1 Å². The molecule has 32 heavy (non-hydrogen) atoms. The van der Waals surface area contributed by atoms with Crippen LogP contribution >= 0.6 is 11.8 Å². The molecule has 3 heterocycles. The van der Waals surface area contributed by atoms with Gasteiger partial charge in [-0.3, -0.25) is 4.79 Å². The molecule has 0 spiro atoms. The van der Waals surface area contributed by atoms with Gasteiger partial charge in [0.05, 0.1) is 6.54 Å². The molecule has 0 bridgehead atoms. The van der Waals surface area contributed by atoms with Crippen molar-refractivity contribution in [3.63, 3.8) is 0 Å². The van der Waals surface area contributed by atoms with Crippen molar-refractivity contribution >= 4 is 34.7 Å². The van der Waals surface area contributed by atoms with E-state index in [9.17, 15) is 4.79 Å². The average molecular weight is 457 g/mol. The van der Waals surface area contributed by atoms with Gasteiger partial charge in [0.2, 0.25) is 6.79 Å². The lowest BCUT2D eigenvalue weighted by Crippen LogP contribution is -2.38. The van der Waals surface area contributed by atoms with Gasteiger partial charge in [0, 0.05) is 4.90 Å². The van der Waals surface area contributed by atoms with Crippen LogP contribution in [0.1, 0.15) is 31.2 Å². The molecule has 11 heteroatoms. The molecule has 1 aliphatic carbocycles. The van der Waals surface area contributed by atoms with E-state index in [0.717, 1.165) is 36.1 Å². The van der Waals surface area contributed by atoms with Crippen molar-refractivity contribution in [1.82, 2.24) is 19.5 Å². The van der Waals surface area contributed by atoms with Crippen molar-refractivity contribution < 1.29 is 19.0 Å². The van der Waals surface area contributed by atoms with Crippen molar-refractivity contribution in [2.45, 2.75) is 61.3 Å². The molecule has 1 aromatic carbocycles. The van der Waals surface area contributed by atoms with Crippen molar-refractivity contribution in [2.24, 2.45) is 5.73 Å². The van der Waals surface area contributed by atoms with Crippen LogP contribution in [0.2, 0.25) is 0 Å². The molecule has 0 radical (unpaired) electrons. The van der Waals surface area contributed by atoms with E-state index in [-0.39, 0.29) is 25.3 Å². The highest BCUT2D eigenvalue weighted by Crippen LogP contribution is 2.41. The summed E-state index contributed by atoms with van der Waals surface area (Å²) in [6, 6.07) is 2.98. The first-order chi connectivity index (χ1) is 15.5. The number of fused-ring (bicyclic) bond motifs is 2. The molecule has 4 N–H and O–H groups in total. The van der Waals surface area contributed by atoms with Gasteiger partial charge in [-0.25, -0.2) is 15.0 Å². The standard InChI is InChI=1S/C21H24N6O4S/c1-11-6-14-15(30-10-29-14)7-16(11)32-21-26-17-18(23)24-9-25-19(17)27(21)8-13(22)20(28)31-12-4-2-3-5-12/h6-7,9,12-13H,2-5,8,10,22H2,1H3,(H2,23,24,25). The molecule has 3 aromatic rings. The number of imidazole rings is 1. The van der Waals surface area contributed by atoms with Crippen LogP contribution in [0.3, 0.4) is 0 Å². The first-order valence-corrected chi connectivity index (χ1v) is 11.3. The maximum atomic E-state index is 12.6. The van der Waals surface area contributed by atoms with Gasteiger partial charge in [0.25, 0.3) is 0 Å². The molecule has 1 unspecified atom stereocenters. The zero-order valence-corrected chi connectivity index (χ0v) is 18.4. The Morgan fingerprint density at radius 1 is 1.28 bits per heavy atom. The van der Waals surface area contributed by atoms with Crippen LogP contribution < -0.4 is 20.9 Å². The van der Waals surface area contributed by atoms with Crippen LogP contribution in [0.25, 0.3) is 11.2 Å². The SMILES string of the molecule is Cc1cc2c(cc1Sc1nc3c(N)ncnc3n1CC(N)C(=O)OC1CCCC1)OCO2. The third kappa shape index (κ3) is 3.93. The molecule has 10 nitrogen and oxygen atoms in total. The molecular weight excluding hydrogens is 432 g/mol. The fourth-order valence-electron chi connectivity index (χ4n) is 3.94. The fourth-order valence-corrected chi connectivity index (χ4v) is 4.93. The number of hydrogen-bond donors (Lipinski definition) is 2. The number of nitrogen functional groups attached to an aromatic ring is 1. The predicted molar refractivity (Wildman–Crippen MR) is 117 cm³/mol. The van der Waals surface area contributed by atoms with E-state index < -0.39 is 12.0 Å². The Labute approximate surface area is 188 Å². The summed E-state index contributed by atoms with van der Waals surface area (Å²) in [6.07, 6.45) is 5.26. The number of rotatable bonds is 6. The van der Waals surface area contributed by atoms with E-state index >= 15 is 0 Å². The van der Waals surface area contributed by atoms with Crippen molar-refractivity contribution in [3.8, 4) is 11.5 Å². The number of aryl methyl sites for hydroxylation is 1. The fraction of sp³-hybridized carbons (Fsp3) is 0.429. The third-order valence-electron chi connectivity index (χ3n) is 5.66. The number of ether oxygens (including phenoxy) is 3. The summed E-state index contributed by atoms with van der Waals surface area (Å²) in [5.74, 6) is 1.24. The Kier molecular flexibility index (Phi) is 5.51. The Balaban J connectivity index is 1.46. The van der Waals surface area contributed by atoms with Gasteiger partial charge >= 0.3 is 5.97 Å². The molecule has 5 rings (SSSR count). The number of anilines is 1. The first kappa shape index (κ1) is 20.8. The highest BCUT2D eigenvalue weighted by atomic mass is 32.2. The number of nitrogens with zero attached hydrogens (tertiary/aromatic N) is 4. The Morgan fingerprint density at radius 2 is 2.03 bits per heavy atom. The van der Waals surface area contributed by atoms with Gasteiger partial charge in [-0.1, -0.05) is 11.8 Å². The van der Waals surface area contributed by atoms with Crippen LogP contribution in [-0.4, -0.2) is 44.4 Å². The van der Waals surface area contributed by atoms with Crippen LogP contribution in [0.4, 0.5) is 5.82 Å². The van der Waals surface area contributed by atoms with Gasteiger partial charge in [-0.05, 0) is 50.3 Å². The number of carbonyl (C=O) groups excluding carboxylic acids is 1.